The van der Waals surface area contributed by atoms with Gasteiger partial charge in [-0.1, -0.05) is 12.1 Å². The number of carboxylic acid groups (broad SMARTS) is 1. The lowest BCUT2D eigenvalue weighted by Gasteiger charge is -2.10. The van der Waals surface area contributed by atoms with Crippen LogP contribution in [0.1, 0.15) is 5.56 Å². The molecule has 0 fully saturated rings. The van der Waals surface area contributed by atoms with Crippen molar-refractivity contribution >= 4 is 17.6 Å². The maximum absolute atomic E-state index is 11.4. The molecule has 0 aliphatic rings. The second kappa shape index (κ2) is 6.56. The lowest BCUT2D eigenvalue weighted by atomic mass is 10.2. The van der Waals surface area contributed by atoms with Gasteiger partial charge in [-0.25, -0.2) is 4.79 Å². The molecule has 2 N–H and O–H groups in total. The quantitative estimate of drug-likeness (QED) is 0.771. The maximum Gasteiger partial charge on any atom is 0.328 e. The largest absolute Gasteiger partial charge is 0.478 e. The summed E-state index contributed by atoms with van der Waals surface area (Å²) in [5.41, 5.74) is 1.72. The predicted octanol–water partition coefficient (Wildman–Crippen LogP) is 1.33. The van der Waals surface area contributed by atoms with Crippen molar-refractivity contribution in [3.8, 4) is 0 Å². The van der Waals surface area contributed by atoms with Crippen molar-refractivity contribution in [1.82, 2.24) is 4.90 Å². The van der Waals surface area contributed by atoms with E-state index in [9.17, 15) is 9.59 Å². The van der Waals surface area contributed by atoms with Crippen molar-refractivity contribution in [2.24, 2.45) is 0 Å². The minimum Gasteiger partial charge on any atom is -0.478 e. The van der Waals surface area contributed by atoms with Gasteiger partial charge in [-0.3, -0.25) is 4.79 Å². The van der Waals surface area contributed by atoms with Gasteiger partial charge in [-0.2, -0.15) is 0 Å². The van der Waals surface area contributed by atoms with Gasteiger partial charge in [0, 0.05) is 24.4 Å². The number of hydrogen-bond donors (Lipinski definition) is 2. The van der Waals surface area contributed by atoms with Crippen molar-refractivity contribution in [2.75, 3.05) is 19.4 Å². The topological polar surface area (TPSA) is 69.6 Å². The number of carboxylic acids is 1. The number of anilines is 1. The summed E-state index contributed by atoms with van der Waals surface area (Å²) >= 11 is 0. The SMILES string of the molecule is CN(C)Cc1cccc(NC(=O)/C=C/C(=O)O)c1. The lowest BCUT2D eigenvalue weighted by molar-refractivity contribution is -0.131. The molecule has 1 aromatic carbocycles. The van der Waals surface area contributed by atoms with Crippen LogP contribution in [0, 0.1) is 0 Å². The highest BCUT2D eigenvalue weighted by Crippen LogP contribution is 2.11. The zero-order valence-corrected chi connectivity index (χ0v) is 10.4. The van der Waals surface area contributed by atoms with E-state index >= 15 is 0 Å². The summed E-state index contributed by atoms with van der Waals surface area (Å²) < 4.78 is 0. The molecule has 0 heterocycles. The normalized spacial score (nSPS) is 10.8. The summed E-state index contributed by atoms with van der Waals surface area (Å²) in [5.74, 6) is -1.61. The molecule has 0 saturated carbocycles. The summed E-state index contributed by atoms with van der Waals surface area (Å²) in [7, 11) is 3.92. The number of nitrogens with one attached hydrogen (secondary N) is 1. The van der Waals surface area contributed by atoms with Crippen LogP contribution in [0.5, 0.6) is 0 Å². The lowest BCUT2D eigenvalue weighted by Crippen LogP contribution is -2.12. The Morgan fingerprint density at radius 2 is 2.06 bits per heavy atom. The molecule has 0 saturated heterocycles. The number of benzene rings is 1. The number of hydrogen-bond acceptors (Lipinski definition) is 3. The van der Waals surface area contributed by atoms with Crippen LogP contribution in [0.3, 0.4) is 0 Å². The first-order valence-electron chi connectivity index (χ1n) is 5.43. The van der Waals surface area contributed by atoms with E-state index in [0.717, 1.165) is 24.3 Å². The van der Waals surface area contributed by atoms with Crippen molar-refractivity contribution in [2.45, 2.75) is 6.54 Å². The first kappa shape index (κ1) is 13.9. The number of carbonyl (C=O) groups excluding carboxylic acids is 1. The van der Waals surface area contributed by atoms with Gasteiger partial charge in [0.05, 0.1) is 0 Å². The third-order valence-corrected chi connectivity index (χ3v) is 2.07. The van der Waals surface area contributed by atoms with Crippen LogP contribution in [-0.2, 0) is 16.1 Å². The summed E-state index contributed by atoms with van der Waals surface area (Å²) in [5, 5.41) is 11.0. The van der Waals surface area contributed by atoms with Gasteiger partial charge in [0.2, 0.25) is 5.91 Å². The van der Waals surface area contributed by atoms with Crippen LogP contribution in [0.15, 0.2) is 36.4 Å². The summed E-state index contributed by atoms with van der Waals surface area (Å²) in [4.78, 5) is 23.7. The smallest absolute Gasteiger partial charge is 0.328 e. The monoisotopic (exact) mass is 248 g/mol. The van der Waals surface area contributed by atoms with E-state index in [1.165, 1.54) is 0 Å². The van der Waals surface area contributed by atoms with E-state index in [-0.39, 0.29) is 0 Å². The molecule has 0 aliphatic heterocycles. The van der Waals surface area contributed by atoms with Gasteiger partial charge in [0.25, 0.3) is 0 Å². The van der Waals surface area contributed by atoms with Gasteiger partial charge in [0.15, 0.2) is 0 Å². The minimum absolute atomic E-state index is 0.459. The Morgan fingerprint density at radius 1 is 1.33 bits per heavy atom. The Morgan fingerprint density at radius 3 is 2.67 bits per heavy atom. The van der Waals surface area contributed by atoms with Crippen LogP contribution >= 0.6 is 0 Å². The molecular weight excluding hydrogens is 232 g/mol. The fraction of sp³-hybridized carbons (Fsp3) is 0.231. The molecule has 1 amide bonds. The summed E-state index contributed by atoms with van der Waals surface area (Å²) in [6.45, 7) is 0.772. The number of aliphatic carboxylic acids is 1. The van der Waals surface area contributed by atoms with E-state index in [4.69, 9.17) is 5.11 Å². The highest BCUT2D eigenvalue weighted by atomic mass is 16.4. The third kappa shape index (κ3) is 5.27. The van der Waals surface area contributed by atoms with Gasteiger partial charge >= 0.3 is 5.97 Å². The number of carbonyl (C=O) groups is 2. The van der Waals surface area contributed by atoms with Crippen LogP contribution in [0.2, 0.25) is 0 Å². The second-order valence-corrected chi connectivity index (χ2v) is 4.10. The van der Waals surface area contributed by atoms with Gasteiger partial charge in [0.1, 0.15) is 0 Å². The maximum atomic E-state index is 11.4. The molecule has 0 bridgehead atoms. The summed E-state index contributed by atoms with van der Waals surface area (Å²) in [6, 6.07) is 7.41. The van der Waals surface area contributed by atoms with Crippen molar-refractivity contribution in [1.29, 1.82) is 0 Å². The second-order valence-electron chi connectivity index (χ2n) is 4.10. The van der Waals surface area contributed by atoms with Crippen LogP contribution < -0.4 is 5.32 Å². The van der Waals surface area contributed by atoms with Crippen LogP contribution in [-0.4, -0.2) is 36.0 Å². The fourth-order valence-electron chi connectivity index (χ4n) is 1.44. The van der Waals surface area contributed by atoms with E-state index in [2.05, 4.69) is 5.32 Å². The van der Waals surface area contributed by atoms with Crippen molar-refractivity contribution < 1.29 is 14.7 Å². The molecule has 1 aromatic rings. The Labute approximate surface area is 106 Å². The molecule has 0 spiro atoms. The zero-order chi connectivity index (χ0) is 13.5. The Hall–Kier alpha value is -2.14. The van der Waals surface area contributed by atoms with E-state index < -0.39 is 11.9 Å². The van der Waals surface area contributed by atoms with Crippen LogP contribution in [0.25, 0.3) is 0 Å². The average Bonchev–Trinajstić information content (AvgIpc) is 2.26. The molecule has 18 heavy (non-hydrogen) atoms. The fourth-order valence-corrected chi connectivity index (χ4v) is 1.44. The molecular formula is C13H16N2O3. The van der Waals surface area contributed by atoms with E-state index in [1.54, 1.807) is 6.07 Å². The Bertz CT molecular complexity index is 467. The van der Waals surface area contributed by atoms with E-state index in [0.29, 0.717) is 5.69 Å². The highest BCUT2D eigenvalue weighted by Gasteiger charge is 2.01. The molecule has 5 nitrogen and oxygen atoms in total. The Kier molecular flexibility index (Phi) is 5.07. The number of rotatable bonds is 5. The van der Waals surface area contributed by atoms with Crippen molar-refractivity contribution in [3.63, 3.8) is 0 Å². The standard InChI is InChI=1S/C13H16N2O3/c1-15(2)9-10-4-3-5-11(8-10)14-12(16)6-7-13(17)18/h3-8H,9H2,1-2H3,(H,14,16)(H,17,18)/b7-6+. The molecule has 5 heteroatoms. The van der Waals surface area contributed by atoms with Crippen LogP contribution in [0.4, 0.5) is 5.69 Å². The van der Waals surface area contributed by atoms with Crippen molar-refractivity contribution in [3.05, 3.63) is 42.0 Å². The number of amides is 1. The average molecular weight is 248 g/mol. The Balaban J connectivity index is 2.67. The first-order valence-corrected chi connectivity index (χ1v) is 5.43. The molecule has 0 atom stereocenters. The molecule has 0 aliphatic carbocycles. The zero-order valence-electron chi connectivity index (χ0n) is 10.4. The predicted molar refractivity (Wildman–Crippen MR) is 69.2 cm³/mol. The first-order chi connectivity index (χ1) is 8.47. The van der Waals surface area contributed by atoms with Gasteiger partial charge in [-0.15, -0.1) is 0 Å². The summed E-state index contributed by atoms with van der Waals surface area (Å²) in [6.07, 6.45) is 1.79. The highest BCUT2D eigenvalue weighted by molar-refractivity contribution is 6.02. The van der Waals surface area contributed by atoms with E-state index in [1.807, 2.05) is 37.2 Å². The molecule has 0 radical (unpaired) electrons. The molecule has 0 aromatic heterocycles. The molecule has 96 valence electrons. The molecule has 1 rings (SSSR count). The number of nitrogens with zero attached hydrogens (tertiary/aromatic N) is 1. The van der Waals surface area contributed by atoms with Gasteiger partial charge in [-0.05, 0) is 31.8 Å². The minimum atomic E-state index is -1.15. The third-order valence-electron chi connectivity index (χ3n) is 2.07. The molecule has 0 unspecified atom stereocenters. The van der Waals surface area contributed by atoms with Gasteiger partial charge < -0.3 is 15.3 Å².